The van der Waals surface area contributed by atoms with Crippen LogP contribution in [-0.2, 0) is 6.54 Å². The molecule has 0 amide bonds. The predicted molar refractivity (Wildman–Crippen MR) is 79.5 cm³/mol. The molecule has 21 heavy (non-hydrogen) atoms. The Labute approximate surface area is 123 Å². The van der Waals surface area contributed by atoms with Crippen LogP contribution in [0.2, 0.25) is 0 Å². The molecule has 0 radical (unpaired) electrons. The molecule has 0 fully saturated rings. The Morgan fingerprint density at radius 2 is 2.29 bits per heavy atom. The van der Waals surface area contributed by atoms with Crippen LogP contribution in [0.25, 0.3) is 11.5 Å². The lowest BCUT2D eigenvalue weighted by molar-refractivity contribution is 0.497. The molecule has 110 valence electrons. The van der Waals surface area contributed by atoms with Crippen LogP contribution in [0.15, 0.2) is 35.1 Å². The Hall–Kier alpha value is -2.34. The maximum absolute atomic E-state index is 5.66. The van der Waals surface area contributed by atoms with Crippen molar-refractivity contribution in [3.63, 3.8) is 0 Å². The third-order valence-corrected chi connectivity index (χ3v) is 3.50. The zero-order valence-corrected chi connectivity index (χ0v) is 12.2. The third kappa shape index (κ3) is 2.90. The van der Waals surface area contributed by atoms with Gasteiger partial charge in [0, 0.05) is 24.5 Å². The zero-order chi connectivity index (χ0) is 14.7. The van der Waals surface area contributed by atoms with Gasteiger partial charge in [0.25, 0.3) is 0 Å². The summed E-state index contributed by atoms with van der Waals surface area (Å²) in [5, 5.41) is 10.6. The highest BCUT2D eigenvalue weighted by Gasteiger charge is 2.15. The van der Waals surface area contributed by atoms with E-state index in [1.165, 1.54) is 0 Å². The summed E-state index contributed by atoms with van der Waals surface area (Å²) in [5.41, 5.74) is 2.00. The summed E-state index contributed by atoms with van der Waals surface area (Å²) in [6.07, 6.45) is 6.40. The van der Waals surface area contributed by atoms with Crippen LogP contribution >= 0.6 is 0 Å². The van der Waals surface area contributed by atoms with E-state index < -0.39 is 0 Å². The molecule has 0 aromatic carbocycles. The fourth-order valence-corrected chi connectivity index (χ4v) is 2.36. The van der Waals surface area contributed by atoms with Gasteiger partial charge >= 0.3 is 0 Å². The van der Waals surface area contributed by atoms with Gasteiger partial charge in [0.1, 0.15) is 17.3 Å². The fourth-order valence-electron chi connectivity index (χ4n) is 2.36. The molecule has 3 N–H and O–H groups in total. The number of aromatic nitrogens is 4. The summed E-state index contributed by atoms with van der Waals surface area (Å²) < 4.78 is 5.66. The van der Waals surface area contributed by atoms with Crippen molar-refractivity contribution in [3.8, 4) is 11.5 Å². The zero-order valence-electron chi connectivity index (χ0n) is 12.2. The number of nitrogens with zero attached hydrogens (tertiary/aromatic N) is 2. The second-order valence-electron chi connectivity index (χ2n) is 5.00. The highest BCUT2D eigenvalue weighted by Crippen LogP contribution is 2.24. The van der Waals surface area contributed by atoms with Crippen molar-refractivity contribution in [2.24, 2.45) is 0 Å². The van der Waals surface area contributed by atoms with Crippen LogP contribution in [0.5, 0.6) is 0 Å². The van der Waals surface area contributed by atoms with Crippen LogP contribution in [0.1, 0.15) is 36.5 Å². The molecule has 3 rings (SSSR count). The molecule has 3 aromatic heterocycles. The minimum absolute atomic E-state index is 0.195. The molecule has 6 nitrogen and oxygen atoms in total. The van der Waals surface area contributed by atoms with Crippen LogP contribution in [-0.4, -0.2) is 20.2 Å². The van der Waals surface area contributed by atoms with Crippen LogP contribution in [0, 0.1) is 6.92 Å². The Bertz CT molecular complexity index is 683. The smallest absolute Gasteiger partial charge is 0.152 e. The molecular formula is C15H19N5O. The molecule has 0 spiro atoms. The van der Waals surface area contributed by atoms with Crippen molar-refractivity contribution in [2.45, 2.75) is 32.9 Å². The van der Waals surface area contributed by atoms with Crippen molar-refractivity contribution < 1.29 is 4.42 Å². The van der Waals surface area contributed by atoms with Gasteiger partial charge in [-0.25, -0.2) is 4.98 Å². The number of aryl methyl sites for hydroxylation is 1. The van der Waals surface area contributed by atoms with Gasteiger partial charge in [-0.3, -0.25) is 5.10 Å². The van der Waals surface area contributed by atoms with Crippen molar-refractivity contribution in [2.75, 3.05) is 0 Å². The maximum atomic E-state index is 5.66. The average molecular weight is 285 g/mol. The maximum Gasteiger partial charge on any atom is 0.152 e. The van der Waals surface area contributed by atoms with E-state index in [1.54, 1.807) is 6.20 Å². The number of aromatic amines is 2. The largest absolute Gasteiger partial charge is 0.460 e. The van der Waals surface area contributed by atoms with Crippen LogP contribution in [0.4, 0.5) is 0 Å². The molecule has 6 heteroatoms. The summed E-state index contributed by atoms with van der Waals surface area (Å²) >= 11 is 0. The van der Waals surface area contributed by atoms with E-state index in [4.69, 9.17) is 4.42 Å². The number of hydrogen-bond donors (Lipinski definition) is 3. The topological polar surface area (TPSA) is 82.5 Å². The molecule has 0 aliphatic heterocycles. The summed E-state index contributed by atoms with van der Waals surface area (Å²) in [4.78, 5) is 7.46. The lowest BCUT2D eigenvalue weighted by Gasteiger charge is -2.14. The van der Waals surface area contributed by atoms with E-state index >= 15 is 0 Å². The van der Waals surface area contributed by atoms with Crippen molar-refractivity contribution in [1.82, 2.24) is 25.5 Å². The Balaban J connectivity index is 1.73. The van der Waals surface area contributed by atoms with Crippen molar-refractivity contribution in [3.05, 3.63) is 47.9 Å². The average Bonchev–Trinajstić information content (AvgIpc) is 3.19. The van der Waals surface area contributed by atoms with Crippen LogP contribution < -0.4 is 5.32 Å². The molecule has 1 unspecified atom stereocenters. The number of rotatable bonds is 6. The molecule has 0 bridgehead atoms. The van der Waals surface area contributed by atoms with Gasteiger partial charge in [-0.2, -0.15) is 5.10 Å². The first kappa shape index (κ1) is 13.6. The van der Waals surface area contributed by atoms with Crippen LogP contribution in [0.3, 0.4) is 0 Å². The van der Waals surface area contributed by atoms with E-state index in [9.17, 15) is 0 Å². The lowest BCUT2D eigenvalue weighted by Crippen LogP contribution is -2.21. The summed E-state index contributed by atoms with van der Waals surface area (Å²) in [6, 6.07) is 4.10. The molecule has 0 aliphatic rings. The number of H-pyrrole nitrogens is 2. The van der Waals surface area contributed by atoms with E-state index in [0.717, 1.165) is 35.0 Å². The molecule has 0 saturated heterocycles. The molecular weight excluding hydrogens is 266 g/mol. The van der Waals surface area contributed by atoms with Gasteiger partial charge in [0.15, 0.2) is 5.76 Å². The molecule has 3 aromatic rings. The van der Waals surface area contributed by atoms with Gasteiger partial charge in [0.2, 0.25) is 0 Å². The molecule has 3 heterocycles. The quantitative estimate of drug-likeness (QED) is 0.650. The molecule has 1 atom stereocenters. The van der Waals surface area contributed by atoms with Gasteiger partial charge in [-0.05, 0) is 25.5 Å². The minimum Gasteiger partial charge on any atom is -0.460 e. The monoisotopic (exact) mass is 285 g/mol. The summed E-state index contributed by atoms with van der Waals surface area (Å²) in [6.45, 7) is 4.76. The fraction of sp³-hybridized carbons (Fsp3) is 0.333. The Morgan fingerprint density at radius 1 is 1.38 bits per heavy atom. The Morgan fingerprint density at radius 3 is 2.95 bits per heavy atom. The molecule has 0 saturated carbocycles. The van der Waals surface area contributed by atoms with Gasteiger partial charge in [-0.1, -0.05) is 6.92 Å². The van der Waals surface area contributed by atoms with Gasteiger partial charge in [0.05, 0.1) is 12.2 Å². The number of nitrogens with one attached hydrogen (secondary N) is 3. The SMILES string of the molecule is CCC(NCc1cn[nH]c1-c1ccc(C)o1)c1ncc[nH]1. The van der Waals surface area contributed by atoms with E-state index in [0.29, 0.717) is 6.54 Å². The lowest BCUT2D eigenvalue weighted by atomic mass is 10.1. The number of imidazole rings is 1. The first-order valence-electron chi connectivity index (χ1n) is 7.09. The first-order chi connectivity index (χ1) is 10.3. The number of hydrogen-bond acceptors (Lipinski definition) is 4. The second kappa shape index (κ2) is 5.97. The number of furan rings is 1. The minimum atomic E-state index is 0.195. The second-order valence-corrected chi connectivity index (χ2v) is 5.00. The van der Waals surface area contributed by atoms with E-state index in [-0.39, 0.29) is 6.04 Å². The third-order valence-electron chi connectivity index (χ3n) is 3.50. The summed E-state index contributed by atoms with van der Waals surface area (Å²) in [7, 11) is 0. The first-order valence-corrected chi connectivity index (χ1v) is 7.09. The highest BCUT2D eigenvalue weighted by molar-refractivity contribution is 5.56. The summed E-state index contributed by atoms with van der Waals surface area (Å²) in [5.74, 6) is 2.66. The Kier molecular flexibility index (Phi) is 3.87. The van der Waals surface area contributed by atoms with Gasteiger partial charge in [-0.15, -0.1) is 0 Å². The predicted octanol–water partition coefficient (Wildman–Crippen LogP) is 2.94. The van der Waals surface area contributed by atoms with E-state index in [2.05, 4.69) is 32.4 Å². The van der Waals surface area contributed by atoms with E-state index in [1.807, 2.05) is 31.5 Å². The standard InChI is InChI=1S/C15H19N5O/c1-3-12(15-16-6-7-17-15)18-8-11-9-19-20-14(11)13-5-4-10(2)21-13/h4-7,9,12,18H,3,8H2,1-2H3,(H,16,17)(H,19,20). The van der Waals surface area contributed by atoms with Crippen molar-refractivity contribution in [1.29, 1.82) is 0 Å². The van der Waals surface area contributed by atoms with Gasteiger partial charge < -0.3 is 14.7 Å². The molecule has 0 aliphatic carbocycles. The van der Waals surface area contributed by atoms with Crippen molar-refractivity contribution >= 4 is 0 Å². The normalized spacial score (nSPS) is 12.7. The highest BCUT2D eigenvalue weighted by atomic mass is 16.3.